The lowest BCUT2D eigenvalue weighted by atomic mass is 10.1. The van der Waals surface area contributed by atoms with Crippen molar-refractivity contribution in [3.05, 3.63) is 39.1 Å². The van der Waals surface area contributed by atoms with Crippen LogP contribution < -0.4 is 5.56 Å². The van der Waals surface area contributed by atoms with Crippen molar-refractivity contribution >= 4 is 11.3 Å². The third kappa shape index (κ3) is 2.48. The third-order valence-electron chi connectivity index (χ3n) is 3.45. The normalized spacial score (nSPS) is 15.4. The number of aromatic nitrogens is 2. The summed E-state index contributed by atoms with van der Waals surface area (Å²) in [5.74, 6) is 0.706. The molecule has 0 aromatic carbocycles. The molecule has 1 aliphatic rings. The molecule has 0 radical (unpaired) electrons. The van der Waals surface area contributed by atoms with E-state index in [0.29, 0.717) is 5.82 Å². The summed E-state index contributed by atoms with van der Waals surface area (Å²) < 4.78 is 0. The Morgan fingerprint density at radius 2 is 2.42 bits per heavy atom. The quantitative estimate of drug-likeness (QED) is 0.935. The molecule has 100 valence electrons. The first-order chi connectivity index (χ1) is 9.28. The van der Waals surface area contributed by atoms with Gasteiger partial charge in [0.25, 0.3) is 5.56 Å². The molecule has 1 aliphatic heterocycles. The number of nitrogens with one attached hydrogen (secondary N) is 1. The first kappa shape index (κ1) is 12.6. The molecule has 3 heterocycles. The molecule has 0 spiro atoms. The summed E-state index contributed by atoms with van der Waals surface area (Å²) >= 11 is 1.60. The van der Waals surface area contributed by atoms with Gasteiger partial charge in [0.2, 0.25) is 0 Å². The first-order valence-corrected chi connectivity index (χ1v) is 7.54. The topological polar surface area (TPSA) is 49.0 Å². The van der Waals surface area contributed by atoms with Gasteiger partial charge < -0.3 is 4.98 Å². The molecule has 0 atom stereocenters. The molecule has 1 N–H and O–H groups in total. The molecule has 0 aliphatic carbocycles. The Hall–Kier alpha value is -1.46. The number of nitrogens with zero attached hydrogens (tertiary/aromatic N) is 2. The molecular weight excluding hydrogens is 258 g/mol. The smallest absolute Gasteiger partial charge is 0.254 e. The maximum Gasteiger partial charge on any atom is 0.254 e. The van der Waals surface area contributed by atoms with Gasteiger partial charge in [0, 0.05) is 18.7 Å². The van der Waals surface area contributed by atoms with Gasteiger partial charge in [-0.15, -0.1) is 11.3 Å². The van der Waals surface area contributed by atoms with Crippen molar-refractivity contribution in [2.45, 2.75) is 26.3 Å². The lowest BCUT2D eigenvalue weighted by Gasteiger charge is -2.27. The molecule has 0 fully saturated rings. The summed E-state index contributed by atoms with van der Waals surface area (Å²) in [6, 6.07) is 3.96. The highest BCUT2D eigenvalue weighted by molar-refractivity contribution is 7.13. The summed E-state index contributed by atoms with van der Waals surface area (Å²) in [6.07, 6.45) is 1.94. The van der Waals surface area contributed by atoms with Crippen LogP contribution in [-0.2, 0) is 13.0 Å². The Bertz CT molecular complexity index is 618. The van der Waals surface area contributed by atoms with E-state index in [1.807, 2.05) is 17.5 Å². The zero-order chi connectivity index (χ0) is 13.2. The van der Waals surface area contributed by atoms with Crippen LogP contribution in [0.1, 0.15) is 24.6 Å². The molecule has 2 aromatic heterocycles. The zero-order valence-electron chi connectivity index (χ0n) is 11.0. The molecular formula is C14H17N3OS. The number of aromatic amines is 1. The largest absolute Gasteiger partial charge is 0.306 e. The number of hydrogen-bond acceptors (Lipinski definition) is 4. The van der Waals surface area contributed by atoms with Crippen LogP contribution in [0.3, 0.4) is 0 Å². The van der Waals surface area contributed by atoms with Crippen LogP contribution in [-0.4, -0.2) is 28.0 Å². The van der Waals surface area contributed by atoms with Gasteiger partial charge in [-0.05, 0) is 30.8 Å². The summed E-state index contributed by atoms with van der Waals surface area (Å²) in [5.41, 5.74) is 1.85. The van der Waals surface area contributed by atoms with Crippen molar-refractivity contribution in [1.29, 1.82) is 0 Å². The average Bonchev–Trinajstić information content (AvgIpc) is 2.92. The SMILES string of the molecule is CCCN1CCc2c(nc(-c3cccs3)[nH]c2=O)C1. The highest BCUT2D eigenvalue weighted by atomic mass is 32.1. The van der Waals surface area contributed by atoms with Crippen LogP contribution in [0.15, 0.2) is 22.3 Å². The third-order valence-corrected chi connectivity index (χ3v) is 4.32. The van der Waals surface area contributed by atoms with Crippen LogP contribution >= 0.6 is 11.3 Å². The van der Waals surface area contributed by atoms with Crippen molar-refractivity contribution in [2.24, 2.45) is 0 Å². The minimum Gasteiger partial charge on any atom is -0.306 e. The molecule has 0 saturated carbocycles. The summed E-state index contributed by atoms with van der Waals surface area (Å²) in [5, 5.41) is 2.00. The van der Waals surface area contributed by atoms with Crippen molar-refractivity contribution < 1.29 is 0 Å². The highest BCUT2D eigenvalue weighted by Gasteiger charge is 2.20. The minimum absolute atomic E-state index is 0.0320. The summed E-state index contributed by atoms with van der Waals surface area (Å²) in [6.45, 7) is 5.01. The predicted molar refractivity (Wildman–Crippen MR) is 77.4 cm³/mol. The van der Waals surface area contributed by atoms with Gasteiger partial charge in [-0.25, -0.2) is 4.98 Å². The second-order valence-corrected chi connectivity index (χ2v) is 5.79. The van der Waals surface area contributed by atoms with Gasteiger partial charge in [-0.3, -0.25) is 9.69 Å². The second kappa shape index (κ2) is 5.27. The molecule has 0 saturated heterocycles. The van der Waals surface area contributed by atoms with Crippen molar-refractivity contribution in [3.8, 4) is 10.7 Å². The Morgan fingerprint density at radius 1 is 1.53 bits per heavy atom. The molecule has 0 unspecified atom stereocenters. The molecule has 19 heavy (non-hydrogen) atoms. The number of H-pyrrole nitrogens is 1. The molecule has 5 heteroatoms. The second-order valence-electron chi connectivity index (χ2n) is 4.84. The van der Waals surface area contributed by atoms with Crippen LogP contribution in [0.2, 0.25) is 0 Å². The molecule has 2 aromatic rings. The maximum absolute atomic E-state index is 12.1. The van der Waals surface area contributed by atoms with E-state index in [2.05, 4.69) is 21.8 Å². The Balaban J connectivity index is 1.98. The predicted octanol–water partition coefficient (Wildman–Crippen LogP) is 2.27. The zero-order valence-corrected chi connectivity index (χ0v) is 11.8. The van der Waals surface area contributed by atoms with Crippen LogP contribution in [0.5, 0.6) is 0 Å². The standard InChI is InChI=1S/C14H17N3OS/c1-2-6-17-7-5-10-11(9-17)15-13(16-14(10)18)12-4-3-8-19-12/h3-4,8H,2,5-7,9H2,1H3,(H,15,16,18). The van der Waals surface area contributed by atoms with E-state index in [1.54, 1.807) is 11.3 Å². The maximum atomic E-state index is 12.1. The first-order valence-electron chi connectivity index (χ1n) is 6.66. The van der Waals surface area contributed by atoms with Gasteiger partial charge in [-0.1, -0.05) is 13.0 Å². The van der Waals surface area contributed by atoms with Gasteiger partial charge in [0.05, 0.1) is 10.6 Å². The Morgan fingerprint density at radius 3 is 3.16 bits per heavy atom. The van der Waals surface area contributed by atoms with Gasteiger partial charge in [0.1, 0.15) is 0 Å². The average molecular weight is 275 g/mol. The fraction of sp³-hybridized carbons (Fsp3) is 0.429. The van der Waals surface area contributed by atoms with E-state index in [-0.39, 0.29) is 5.56 Å². The summed E-state index contributed by atoms with van der Waals surface area (Å²) in [7, 11) is 0. The number of hydrogen-bond donors (Lipinski definition) is 1. The molecule has 0 bridgehead atoms. The van der Waals surface area contributed by atoms with Gasteiger partial charge >= 0.3 is 0 Å². The minimum atomic E-state index is 0.0320. The van der Waals surface area contributed by atoms with E-state index in [9.17, 15) is 4.79 Å². The monoisotopic (exact) mass is 275 g/mol. The fourth-order valence-corrected chi connectivity index (χ4v) is 3.20. The van der Waals surface area contributed by atoms with E-state index >= 15 is 0 Å². The van der Waals surface area contributed by atoms with E-state index in [1.165, 1.54) is 0 Å². The van der Waals surface area contributed by atoms with E-state index in [4.69, 9.17) is 0 Å². The molecule has 4 nitrogen and oxygen atoms in total. The summed E-state index contributed by atoms with van der Waals surface area (Å²) in [4.78, 5) is 23.1. The van der Waals surface area contributed by atoms with Crippen LogP contribution in [0.4, 0.5) is 0 Å². The molecule has 0 amide bonds. The lowest BCUT2D eigenvalue weighted by molar-refractivity contribution is 0.250. The lowest BCUT2D eigenvalue weighted by Crippen LogP contribution is -2.35. The van der Waals surface area contributed by atoms with Crippen LogP contribution in [0, 0.1) is 0 Å². The Kier molecular flexibility index (Phi) is 3.48. The number of fused-ring (bicyclic) bond motifs is 1. The fourth-order valence-electron chi connectivity index (χ4n) is 2.53. The number of thiophene rings is 1. The number of rotatable bonds is 3. The highest BCUT2D eigenvalue weighted by Crippen LogP contribution is 2.22. The van der Waals surface area contributed by atoms with Crippen LogP contribution in [0.25, 0.3) is 10.7 Å². The van der Waals surface area contributed by atoms with E-state index in [0.717, 1.165) is 48.6 Å². The van der Waals surface area contributed by atoms with Gasteiger partial charge in [-0.2, -0.15) is 0 Å². The Labute approximate surface area is 116 Å². The van der Waals surface area contributed by atoms with Crippen molar-refractivity contribution in [2.75, 3.05) is 13.1 Å². The van der Waals surface area contributed by atoms with E-state index < -0.39 is 0 Å². The van der Waals surface area contributed by atoms with Crippen molar-refractivity contribution in [1.82, 2.24) is 14.9 Å². The van der Waals surface area contributed by atoms with Crippen molar-refractivity contribution in [3.63, 3.8) is 0 Å². The molecule has 3 rings (SSSR count). The van der Waals surface area contributed by atoms with Gasteiger partial charge in [0.15, 0.2) is 5.82 Å².